The minimum atomic E-state index is 1.16. The second kappa shape index (κ2) is 15.5. The summed E-state index contributed by atoms with van der Waals surface area (Å²) in [4.78, 5) is 0. The first-order valence-electron chi connectivity index (χ1n) is 23.9. The maximum absolute atomic E-state index is 2.42. The van der Waals surface area contributed by atoms with Gasteiger partial charge < -0.3 is 9.13 Å². The van der Waals surface area contributed by atoms with E-state index in [4.69, 9.17) is 0 Å². The lowest BCUT2D eigenvalue weighted by Gasteiger charge is -2.10. The van der Waals surface area contributed by atoms with Crippen LogP contribution >= 0.6 is 22.7 Å². The molecule has 15 aromatic rings. The molecule has 0 radical (unpaired) electrons. The molecule has 326 valence electrons. The van der Waals surface area contributed by atoms with Crippen molar-refractivity contribution >= 4 is 107 Å². The molecule has 0 amide bonds. The first-order chi connectivity index (χ1) is 34.7. The number of fused-ring (bicyclic) bond motifs is 12. The van der Waals surface area contributed by atoms with E-state index in [1.165, 1.54) is 128 Å². The lowest BCUT2D eigenvalue weighted by molar-refractivity contribution is 1.18. The summed E-state index contributed by atoms with van der Waals surface area (Å²) in [6.07, 6.45) is 0. The van der Waals surface area contributed by atoms with Crippen LogP contribution in [0.15, 0.2) is 243 Å². The quantitative estimate of drug-likeness (QED) is 0.157. The van der Waals surface area contributed by atoms with Crippen molar-refractivity contribution in [1.82, 2.24) is 9.13 Å². The van der Waals surface area contributed by atoms with Crippen molar-refractivity contribution in [1.29, 1.82) is 0 Å². The van der Waals surface area contributed by atoms with Gasteiger partial charge in [-0.25, -0.2) is 0 Å². The maximum Gasteiger partial charge on any atom is 0.0541 e. The predicted molar refractivity (Wildman–Crippen MR) is 303 cm³/mol. The minimum absolute atomic E-state index is 1.16. The molecule has 2 nitrogen and oxygen atoms in total. The van der Waals surface area contributed by atoms with Crippen molar-refractivity contribution < 1.29 is 0 Å². The van der Waals surface area contributed by atoms with Gasteiger partial charge in [0.25, 0.3) is 0 Å². The summed E-state index contributed by atoms with van der Waals surface area (Å²) < 4.78 is 10.1. The zero-order valence-electron chi connectivity index (χ0n) is 37.8. The second-order valence-electron chi connectivity index (χ2n) is 18.5. The highest BCUT2D eigenvalue weighted by molar-refractivity contribution is 7.26. The Hall–Kier alpha value is -8.54. The fourth-order valence-corrected chi connectivity index (χ4v) is 13.3. The molecule has 0 N–H and O–H groups in total. The zero-order chi connectivity index (χ0) is 45.9. The van der Waals surface area contributed by atoms with Gasteiger partial charge >= 0.3 is 0 Å². The largest absolute Gasteiger partial charge is 0.309 e. The molecule has 0 aliphatic rings. The first kappa shape index (κ1) is 39.5. The molecule has 0 atom stereocenters. The minimum Gasteiger partial charge on any atom is -0.309 e. The summed E-state index contributed by atoms with van der Waals surface area (Å²) in [6.45, 7) is 0. The molecule has 4 heterocycles. The summed E-state index contributed by atoms with van der Waals surface area (Å²) in [7, 11) is 0. The lowest BCUT2D eigenvalue weighted by Crippen LogP contribution is -1.93. The van der Waals surface area contributed by atoms with Crippen molar-refractivity contribution in [2.45, 2.75) is 0 Å². The van der Waals surface area contributed by atoms with Crippen molar-refractivity contribution in [3.05, 3.63) is 243 Å². The highest BCUT2D eigenvalue weighted by Crippen LogP contribution is 2.43. The third kappa shape index (κ3) is 6.17. The molecule has 4 aromatic heterocycles. The van der Waals surface area contributed by atoms with E-state index in [0.29, 0.717) is 0 Å². The van der Waals surface area contributed by atoms with Gasteiger partial charge in [-0.1, -0.05) is 127 Å². The third-order valence-electron chi connectivity index (χ3n) is 14.5. The molecule has 0 saturated heterocycles. The summed E-state index contributed by atoms with van der Waals surface area (Å²) in [5, 5.41) is 10.2. The Morgan fingerprint density at radius 2 is 0.500 bits per heavy atom. The Morgan fingerprint density at radius 3 is 0.886 bits per heavy atom. The lowest BCUT2D eigenvalue weighted by atomic mass is 9.96. The number of hydrogen-bond acceptors (Lipinski definition) is 2. The molecular weight excluding hydrogens is 885 g/mol. The summed E-state index contributed by atoms with van der Waals surface area (Å²) in [6, 6.07) is 90.1. The Kier molecular flexibility index (Phi) is 8.73. The average molecular weight is 925 g/mol. The molecule has 0 aliphatic carbocycles. The van der Waals surface area contributed by atoms with Crippen LogP contribution in [0.1, 0.15) is 0 Å². The maximum atomic E-state index is 2.42. The molecule has 0 spiro atoms. The van der Waals surface area contributed by atoms with Crippen LogP contribution in [-0.2, 0) is 0 Å². The van der Waals surface area contributed by atoms with Gasteiger partial charge in [0.2, 0.25) is 0 Å². The van der Waals surface area contributed by atoms with Gasteiger partial charge in [-0.15, -0.1) is 22.7 Å². The molecule has 0 aliphatic heterocycles. The number of rotatable bonds is 6. The Morgan fingerprint density at radius 1 is 0.200 bits per heavy atom. The number of benzene rings is 11. The standard InChI is InChI=1S/C66H40N2S2/c1-3-14-49(15-4-1)67-59-28-22-43(35-53(59)55-37-45(24-30-61(55)67)47-26-32-65-57(39-47)51-18-7-9-20-63(51)69-65)41-12-11-13-42(34-41)44-23-29-60-54(36-44)56-38-46(25-31-62(56)68(60)50-16-5-2-6-17-50)48-27-33-66-58(40-48)52-19-8-10-21-64(52)70-66/h1-40H. The van der Waals surface area contributed by atoms with E-state index in [9.17, 15) is 0 Å². The number of hydrogen-bond donors (Lipinski definition) is 0. The van der Waals surface area contributed by atoms with Gasteiger partial charge in [0.15, 0.2) is 0 Å². The molecule has 15 rings (SSSR count). The fourth-order valence-electron chi connectivity index (χ4n) is 11.2. The molecule has 0 saturated carbocycles. The smallest absolute Gasteiger partial charge is 0.0541 e. The Balaban J connectivity index is 0.863. The summed E-state index contributed by atoms with van der Waals surface area (Å²) >= 11 is 3.73. The average Bonchev–Trinajstić information content (AvgIpc) is 4.18. The van der Waals surface area contributed by atoms with Gasteiger partial charge in [0, 0.05) is 73.3 Å². The molecule has 0 fully saturated rings. The first-order valence-corrected chi connectivity index (χ1v) is 25.5. The number of aromatic nitrogens is 2. The van der Waals surface area contributed by atoms with E-state index in [-0.39, 0.29) is 0 Å². The van der Waals surface area contributed by atoms with E-state index in [1.807, 2.05) is 22.7 Å². The van der Waals surface area contributed by atoms with Crippen molar-refractivity contribution in [3.63, 3.8) is 0 Å². The number of para-hydroxylation sites is 2. The molecule has 11 aromatic carbocycles. The van der Waals surface area contributed by atoms with Crippen LogP contribution in [0.5, 0.6) is 0 Å². The zero-order valence-corrected chi connectivity index (χ0v) is 39.4. The SMILES string of the molecule is c1ccc(-n2c3ccc(-c4cccc(-c5ccc6c(c5)c5cc(-c7ccc8sc9ccccc9c8c7)ccc5n6-c5ccccc5)c4)cc3c3cc(-c4ccc5sc6ccccc6c5c4)ccc32)cc1. The van der Waals surface area contributed by atoms with Crippen molar-refractivity contribution in [3.8, 4) is 55.9 Å². The van der Waals surface area contributed by atoms with Gasteiger partial charge in [-0.05, 0) is 160 Å². The molecule has 0 bridgehead atoms. The molecule has 0 unspecified atom stereocenters. The highest BCUT2D eigenvalue weighted by atomic mass is 32.1. The topological polar surface area (TPSA) is 9.86 Å². The van der Waals surface area contributed by atoms with Crippen LogP contribution < -0.4 is 0 Å². The second-order valence-corrected chi connectivity index (χ2v) is 20.6. The highest BCUT2D eigenvalue weighted by Gasteiger charge is 2.18. The van der Waals surface area contributed by atoms with E-state index in [2.05, 4.69) is 252 Å². The number of thiophene rings is 2. The summed E-state index contributed by atoms with van der Waals surface area (Å²) in [5.74, 6) is 0. The van der Waals surface area contributed by atoms with Crippen LogP contribution in [0, 0.1) is 0 Å². The Bertz CT molecular complexity index is 4300. The van der Waals surface area contributed by atoms with Gasteiger partial charge in [0.1, 0.15) is 0 Å². The van der Waals surface area contributed by atoms with Crippen LogP contribution in [0.25, 0.3) is 140 Å². The van der Waals surface area contributed by atoms with E-state index in [0.717, 1.165) is 11.4 Å². The molecule has 4 heteroatoms. The normalized spacial score (nSPS) is 12.0. The monoisotopic (exact) mass is 924 g/mol. The van der Waals surface area contributed by atoms with E-state index < -0.39 is 0 Å². The number of nitrogens with zero attached hydrogens (tertiary/aromatic N) is 2. The van der Waals surface area contributed by atoms with Crippen molar-refractivity contribution in [2.24, 2.45) is 0 Å². The van der Waals surface area contributed by atoms with E-state index >= 15 is 0 Å². The fraction of sp³-hybridized carbons (Fsp3) is 0. The molecular formula is C66H40N2S2. The van der Waals surface area contributed by atoms with Crippen LogP contribution in [-0.4, -0.2) is 9.13 Å². The molecule has 70 heavy (non-hydrogen) atoms. The third-order valence-corrected chi connectivity index (χ3v) is 16.8. The van der Waals surface area contributed by atoms with Crippen molar-refractivity contribution in [2.75, 3.05) is 0 Å². The predicted octanol–water partition coefficient (Wildman–Crippen LogP) is 19.3. The van der Waals surface area contributed by atoms with Crippen LogP contribution in [0.4, 0.5) is 0 Å². The van der Waals surface area contributed by atoms with Crippen LogP contribution in [0.2, 0.25) is 0 Å². The van der Waals surface area contributed by atoms with Crippen LogP contribution in [0.3, 0.4) is 0 Å². The van der Waals surface area contributed by atoms with E-state index in [1.54, 1.807) is 0 Å². The Labute approximate surface area is 411 Å². The van der Waals surface area contributed by atoms with Gasteiger partial charge in [0.05, 0.1) is 22.1 Å². The van der Waals surface area contributed by atoms with Gasteiger partial charge in [-0.3, -0.25) is 0 Å². The van der Waals surface area contributed by atoms with Gasteiger partial charge in [-0.2, -0.15) is 0 Å². The summed E-state index contributed by atoms with van der Waals surface area (Å²) in [5.41, 5.74) is 16.8.